The Hall–Kier alpha value is -1.14. The first-order valence-electron chi connectivity index (χ1n) is 10.5. The van der Waals surface area contributed by atoms with Crippen molar-refractivity contribution in [3.8, 4) is 5.75 Å². The number of rotatable bonds is 19. The zero-order valence-electron chi connectivity index (χ0n) is 17.1. The first-order valence-corrected chi connectivity index (χ1v) is 10.5. The minimum Gasteiger partial charge on any atom is -0.494 e. The lowest BCUT2D eigenvalue weighted by atomic mass is 10.2. The third kappa shape index (κ3) is 14.6. The average Bonchev–Trinajstić information content (AvgIpc) is 2.70. The van der Waals surface area contributed by atoms with Crippen LogP contribution in [0.25, 0.3) is 0 Å². The Morgan fingerprint density at radius 1 is 0.704 bits per heavy atom. The molecule has 1 aromatic rings. The van der Waals surface area contributed by atoms with Crippen molar-refractivity contribution < 1.29 is 18.9 Å². The number of benzene rings is 1. The quantitative estimate of drug-likeness (QED) is 0.362. The molecule has 5 nitrogen and oxygen atoms in total. The van der Waals surface area contributed by atoms with Crippen LogP contribution in [0.5, 0.6) is 5.75 Å². The van der Waals surface area contributed by atoms with E-state index in [2.05, 4.69) is 6.92 Å². The van der Waals surface area contributed by atoms with Crippen molar-refractivity contribution in [1.29, 1.82) is 0 Å². The Labute approximate surface area is 165 Å². The van der Waals surface area contributed by atoms with E-state index in [0.29, 0.717) is 33.0 Å². The van der Waals surface area contributed by atoms with E-state index in [1.54, 1.807) is 0 Å². The highest BCUT2D eigenvalue weighted by atomic mass is 16.5. The Morgan fingerprint density at radius 3 is 1.93 bits per heavy atom. The summed E-state index contributed by atoms with van der Waals surface area (Å²) < 4.78 is 22.3. The van der Waals surface area contributed by atoms with E-state index in [1.165, 1.54) is 19.3 Å². The molecule has 0 spiro atoms. The summed E-state index contributed by atoms with van der Waals surface area (Å²) in [5.41, 5.74) is 6.74. The van der Waals surface area contributed by atoms with Crippen LogP contribution in [0.2, 0.25) is 0 Å². The summed E-state index contributed by atoms with van der Waals surface area (Å²) in [5.74, 6) is 0.910. The van der Waals surface area contributed by atoms with Gasteiger partial charge in [0.1, 0.15) is 5.75 Å². The maximum atomic E-state index is 5.75. The maximum absolute atomic E-state index is 5.75. The molecule has 0 aliphatic rings. The number of hydrogen-bond acceptors (Lipinski definition) is 5. The van der Waals surface area contributed by atoms with E-state index in [1.807, 2.05) is 24.3 Å². The van der Waals surface area contributed by atoms with Gasteiger partial charge in [-0.3, -0.25) is 0 Å². The fraction of sp³-hybridized carbons (Fsp3) is 0.727. The van der Waals surface area contributed by atoms with Crippen LogP contribution in [-0.4, -0.2) is 46.2 Å². The molecular formula is C22H39NO4. The van der Waals surface area contributed by atoms with Crippen LogP contribution in [-0.2, 0) is 20.8 Å². The fourth-order valence-electron chi connectivity index (χ4n) is 2.61. The second-order valence-corrected chi connectivity index (χ2v) is 6.66. The highest BCUT2D eigenvalue weighted by molar-refractivity contribution is 5.28. The smallest absolute Gasteiger partial charge is 0.119 e. The Bertz CT molecular complexity index is 442. The summed E-state index contributed by atoms with van der Waals surface area (Å²) in [6.45, 7) is 7.80. The van der Waals surface area contributed by atoms with Crippen LogP contribution in [0.15, 0.2) is 24.3 Å². The molecule has 27 heavy (non-hydrogen) atoms. The third-order valence-electron chi connectivity index (χ3n) is 4.22. The molecule has 0 fully saturated rings. The summed E-state index contributed by atoms with van der Waals surface area (Å²) in [7, 11) is 0. The van der Waals surface area contributed by atoms with Crippen molar-refractivity contribution in [2.75, 3.05) is 46.2 Å². The number of ether oxygens (including phenoxy) is 4. The number of nitrogens with two attached hydrogens (primary N) is 1. The zero-order chi connectivity index (χ0) is 19.4. The van der Waals surface area contributed by atoms with Crippen molar-refractivity contribution in [2.45, 2.75) is 58.4 Å². The lowest BCUT2D eigenvalue weighted by Gasteiger charge is -2.08. The molecule has 2 N–H and O–H groups in total. The molecule has 0 heterocycles. The summed E-state index contributed by atoms with van der Waals surface area (Å²) in [4.78, 5) is 0. The van der Waals surface area contributed by atoms with E-state index >= 15 is 0 Å². The van der Waals surface area contributed by atoms with Gasteiger partial charge in [-0.15, -0.1) is 0 Å². The Kier molecular flexibility index (Phi) is 16.1. The molecule has 0 saturated heterocycles. The van der Waals surface area contributed by atoms with E-state index in [0.717, 1.165) is 56.8 Å². The van der Waals surface area contributed by atoms with Gasteiger partial charge in [0.2, 0.25) is 0 Å². The average molecular weight is 382 g/mol. The fourth-order valence-corrected chi connectivity index (χ4v) is 2.61. The van der Waals surface area contributed by atoms with Gasteiger partial charge < -0.3 is 24.7 Å². The van der Waals surface area contributed by atoms with E-state index < -0.39 is 0 Å². The molecule has 0 bridgehead atoms. The lowest BCUT2D eigenvalue weighted by molar-refractivity contribution is 0.0132. The van der Waals surface area contributed by atoms with Crippen LogP contribution in [0.3, 0.4) is 0 Å². The maximum Gasteiger partial charge on any atom is 0.119 e. The molecule has 0 aliphatic carbocycles. The van der Waals surface area contributed by atoms with Gasteiger partial charge >= 0.3 is 0 Å². The number of unbranched alkanes of at least 4 members (excludes halogenated alkanes) is 5. The lowest BCUT2D eigenvalue weighted by Crippen LogP contribution is -2.10. The largest absolute Gasteiger partial charge is 0.494 e. The Morgan fingerprint density at radius 2 is 1.30 bits per heavy atom. The predicted octanol–water partition coefficient (Wildman–Crippen LogP) is 4.32. The second kappa shape index (κ2) is 18.2. The molecule has 5 heteroatoms. The zero-order valence-corrected chi connectivity index (χ0v) is 17.1. The molecule has 0 aliphatic heterocycles. The van der Waals surface area contributed by atoms with E-state index in [-0.39, 0.29) is 0 Å². The standard InChI is InChI=1S/C22H39NO4/c1-2-3-6-12-24-15-17-26-18-16-25-13-7-4-5-8-14-27-22-11-9-10-21(19-22)20-23/h9-11,19H,2-8,12-18,20,23H2,1H3. The molecule has 0 atom stereocenters. The van der Waals surface area contributed by atoms with Crippen molar-refractivity contribution in [1.82, 2.24) is 0 Å². The van der Waals surface area contributed by atoms with Crippen LogP contribution in [0.1, 0.15) is 57.4 Å². The van der Waals surface area contributed by atoms with Crippen molar-refractivity contribution in [3.63, 3.8) is 0 Å². The molecule has 0 radical (unpaired) electrons. The van der Waals surface area contributed by atoms with Gasteiger partial charge in [-0.05, 0) is 43.4 Å². The highest BCUT2D eigenvalue weighted by Gasteiger charge is 1.97. The van der Waals surface area contributed by atoms with Crippen molar-refractivity contribution >= 4 is 0 Å². The van der Waals surface area contributed by atoms with Crippen LogP contribution < -0.4 is 10.5 Å². The molecule has 1 rings (SSSR count). The molecular weight excluding hydrogens is 342 g/mol. The van der Waals surface area contributed by atoms with Gasteiger partial charge in [0.25, 0.3) is 0 Å². The molecule has 1 aromatic carbocycles. The highest BCUT2D eigenvalue weighted by Crippen LogP contribution is 2.13. The van der Waals surface area contributed by atoms with Crippen LogP contribution in [0.4, 0.5) is 0 Å². The predicted molar refractivity (Wildman–Crippen MR) is 110 cm³/mol. The van der Waals surface area contributed by atoms with Gasteiger partial charge in [0.05, 0.1) is 33.0 Å². The number of hydrogen-bond donors (Lipinski definition) is 1. The van der Waals surface area contributed by atoms with Crippen LogP contribution >= 0.6 is 0 Å². The summed E-state index contributed by atoms with van der Waals surface area (Å²) >= 11 is 0. The molecule has 156 valence electrons. The van der Waals surface area contributed by atoms with Gasteiger partial charge in [-0.2, -0.15) is 0 Å². The second-order valence-electron chi connectivity index (χ2n) is 6.66. The normalized spacial score (nSPS) is 11.0. The minimum atomic E-state index is 0.551. The molecule has 0 aromatic heterocycles. The summed E-state index contributed by atoms with van der Waals surface area (Å²) in [6, 6.07) is 7.99. The van der Waals surface area contributed by atoms with Gasteiger partial charge in [0.15, 0.2) is 0 Å². The first kappa shape index (κ1) is 23.9. The monoisotopic (exact) mass is 381 g/mol. The Balaban J connectivity index is 1.76. The summed E-state index contributed by atoms with van der Waals surface area (Å²) in [6.07, 6.45) is 8.09. The van der Waals surface area contributed by atoms with Gasteiger partial charge in [-0.1, -0.05) is 38.3 Å². The summed E-state index contributed by atoms with van der Waals surface area (Å²) in [5, 5.41) is 0. The first-order chi connectivity index (χ1) is 13.4. The van der Waals surface area contributed by atoms with Crippen molar-refractivity contribution in [3.05, 3.63) is 29.8 Å². The van der Waals surface area contributed by atoms with Crippen molar-refractivity contribution in [2.24, 2.45) is 5.73 Å². The molecule has 0 amide bonds. The third-order valence-corrected chi connectivity index (χ3v) is 4.22. The van der Waals surface area contributed by atoms with Gasteiger partial charge in [-0.25, -0.2) is 0 Å². The van der Waals surface area contributed by atoms with E-state index in [4.69, 9.17) is 24.7 Å². The van der Waals surface area contributed by atoms with Gasteiger partial charge in [0, 0.05) is 19.8 Å². The SMILES string of the molecule is CCCCCOCCOCCOCCCCCCOc1cccc(CN)c1. The topological polar surface area (TPSA) is 62.9 Å². The van der Waals surface area contributed by atoms with E-state index in [9.17, 15) is 0 Å². The molecule has 0 unspecified atom stereocenters. The van der Waals surface area contributed by atoms with Crippen LogP contribution in [0, 0.1) is 0 Å². The molecule has 0 saturated carbocycles. The minimum absolute atomic E-state index is 0.551.